The highest BCUT2D eigenvalue weighted by molar-refractivity contribution is 6.06. The lowest BCUT2D eigenvalue weighted by molar-refractivity contribution is 0.102. The molecule has 2 N–H and O–H groups in total. The van der Waals surface area contributed by atoms with Gasteiger partial charge < -0.3 is 10.4 Å². The van der Waals surface area contributed by atoms with Crippen molar-refractivity contribution in [2.75, 3.05) is 5.32 Å². The van der Waals surface area contributed by atoms with E-state index in [1.165, 1.54) is 6.07 Å². The van der Waals surface area contributed by atoms with Gasteiger partial charge in [0.25, 0.3) is 5.91 Å². The number of nitrogens with zero attached hydrogens (tertiary/aromatic N) is 4. The minimum Gasteiger partial charge on any atom is -0.507 e. The number of amides is 1. The van der Waals surface area contributed by atoms with E-state index in [4.69, 9.17) is 0 Å². The van der Waals surface area contributed by atoms with Crippen molar-refractivity contribution in [2.24, 2.45) is 0 Å². The van der Waals surface area contributed by atoms with Crippen molar-refractivity contribution < 1.29 is 9.90 Å². The second-order valence-electron chi connectivity index (χ2n) is 5.73. The molecular formula is C17H15N5O2. The van der Waals surface area contributed by atoms with Crippen LogP contribution in [0.5, 0.6) is 5.75 Å². The van der Waals surface area contributed by atoms with Crippen molar-refractivity contribution in [3.8, 4) is 17.1 Å². The summed E-state index contributed by atoms with van der Waals surface area (Å²) < 4.78 is 1.82. The van der Waals surface area contributed by atoms with Gasteiger partial charge in [0.15, 0.2) is 5.82 Å². The Kier molecular flexibility index (Phi) is 3.45. The summed E-state index contributed by atoms with van der Waals surface area (Å²) in [7, 11) is 0. The lowest BCUT2D eigenvalue weighted by Crippen LogP contribution is -2.12. The van der Waals surface area contributed by atoms with E-state index in [1.54, 1.807) is 24.3 Å². The monoisotopic (exact) mass is 321 g/mol. The van der Waals surface area contributed by atoms with Crippen molar-refractivity contribution in [1.82, 2.24) is 20.2 Å². The molecule has 0 atom stereocenters. The predicted octanol–water partition coefficient (Wildman–Crippen LogP) is 2.63. The maximum absolute atomic E-state index is 12.3. The topological polar surface area (TPSA) is 92.9 Å². The van der Waals surface area contributed by atoms with E-state index in [9.17, 15) is 9.90 Å². The summed E-state index contributed by atoms with van der Waals surface area (Å²) >= 11 is 0. The first-order valence-corrected chi connectivity index (χ1v) is 7.70. The van der Waals surface area contributed by atoms with Gasteiger partial charge in [-0.3, -0.25) is 4.79 Å². The van der Waals surface area contributed by atoms with Crippen LogP contribution in [0, 0.1) is 0 Å². The van der Waals surface area contributed by atoms with E-state index >= 15 is 0 Å². The van der Waals surface area contributed by atoms with Crippen LogP contribution in [0.1, 0.15) is 29.2 Å². The van der Waals surface area contributed by atoms with Gasteiger partial charge in [-0.15, -0.1) is 5.10 Å². The Labute approximate surface area is 137 Å². The van der Waals surface area contributed by atoms with Crippen molar-refractivity contribution in [3.63, 3.8) is 0 Å². The number of carbonyl (C=O) groups is 1. The molecule has 0 radical (unpaired) electrons. The fraction of sp³-hybridized carbons (Fsp3) is 0.176. The van der Waals surface area contributed by atoms with Gasteiger partial charge in [0.05, 0.1) is 11.6 Å². The molecule has 1 aliphatic rings. The first-order chi connectivity index (χ1) is 11.7. The summed E-state index contributed by atoms with van der Waals surface area (Å²) in [4.78, 5) is 12.3. The lowest BCUT2D eigenvalue weighted by Gasteiger charge is -2.08. The van der Waals surface area contributed by atoms with Gasteiger partial charge in [0.2, 0.25) is 0 Å². The molecule has 120 valence electrons. The number of tetrazole rings is 1. The van der Waals surface area contributed by atoms with Crippen LogP contribution in [-0.2, 0) is 0 Å². The Hall–Kier alpha value is -3.22. The van der Waals surface area contributed by atoms with Gasteiger partial charge in [-0.25, -0.2) is 4.68 Å². The second kappa shape index (κ2) is 5.77. The number of hydrogen-bond acceptors (Lipinski definition) is 5. The van der Waals surface area contributed by atoms with Crippen LogP contribution >= 0.6 is 0 Å². The van der Waals surface area contributed by atoms with Crippen molar-refractivity contribution in [1.29, 1.82) is 0 Å². The molecule has 0 bridgehead atoms. The van der Waals surface area contributed by atoms with Crippen LogP contribution in [0.4, 0.5) is 5.69 Å². The summed E-state index contributed by atoms with van der Waals surface area (Å²) in [6.07, 6.45) is 2.17. The zero-order valence-corrected chi connectivity index (χ0v) is 12.8. The quantitative estimate of drug-likeness (QED) is 0.770. The molecule has 3 aromatic rings. The van der Waals surface area contributed by atoms with E-state index in [2.05, 4.69) is 20.8 Å². The molecule has 0 spiro atoms. The van der Waals surface area contributed by atoms with Gasteiger partial charge in [-0.05, 0) is 47.5 Å². The minimum absolute atomic E-state index is 0.0520. The maximum atomic E-state index is 12.3. The highest BCUT2D eigenvalue weighted by Gasteiger charge is 2.28. The second-order valence-corrected chi connectivity index (χ2v) is 5.73. The zero-order valence-electron chi connectivity index (χ0n) is 12.8. The Morgan fingerprint density at radius 1 is 1.17 bits per heavy atom. The van der Waals surface area contributed by atoms with E-state index < -0.39 is 0 Å². The molecule has 1 aliphatic carbocycles. The SMILES string of the molecule is O=C(Nc1cccc(-c2nnnn2C2CC2)c1)c1ccccc1O. The van der Waals surface area contributed by atoms with Crippen LogP contribution in [-0.4, -0.2) is 31.2 Å². The molecule has 0 saturated heterocycles. The standard InChI is InChI=1S/C17H15N5O2/c23-15-7-2-1-6-14(15)17(24)18-12-5-3-4-11(10-12)16-19-20-21-22(16)13-8-9-13/h1-7,10,13,23H,8-9H2,(H,18,24). The molecule has 24 heavy (non-hydrogen) atoms. The number of phenols is 1. The average Bonchev–Trinajstić information content (AvgIpc) is 3.32. The normalized spacial score (nSPS) is 13.7. The Morgan fingerprint density at radius 2 is 2.00 bits per heavy atom. The minimum atomic E-state index is -0.368. The number of para-hydroxylation sites is 1. The first kappa shape index (κ1) is 14.4. The molecule has 0 aliphatic heterocycles. The maximum Gasteiger partial charge on any atom is 0.259 e. The highest BCUT2D eigenvalue weighted by Crippen LogP contribution is 2.36. The molecule has 1 heterocycles. The number of anilines is 1. The van der Waals surface area contributed by atoms with E-state index in [0.29, 0.717) is 17.6 Å². The average molecular weight is 321 g/mol. The van der Waals surface area contributed by atoms with Crippen LogP contribution in [0.3, 0.4) is 0 Å². The van der Waals surface area contributed by atoms with E-state index in [-0.39, 0.29) is 17.2 Å². The van der Waals surface area contributed by atoms with Crippen LogP contribution < -0.4 is 5.32 Å². The van der Waals surface area contributed by atoms with Crippen LogP contribution in [0.15, 0.2) is 48.5 Å². The number of aromatic nitrogens is 4. The fourth-order valence-corrected chi connectivity index (χ4v) is 2.55. The smallest absolute Gasteiger partial charge is 0.259 e. The molecule has 2 aromatic carbocycles. The molecule has 0 unspecified atom stereocenters. The molecule has 4 rings (SSSR count). The number of phenolic OH excluding ortho intramolecular Hbond substituents is 1. The number of aromatic hydroxyl groups is 1. The Morgan fingerprint density at radius 3 is 2.79 bits per heavy atom. The molecular weight excluding hydrogens is 306 g/mol. The van der Waals surface area contributed by atoms with Crippen LogP contribution in [0.2, 0.25) is 0 Å². The Bertz CT molecular complexity index is 901. The molecule has 1 amide bonds. The van der Waals surface area contributed by atoms with Gasteiger partial charge in [0, 0.05) is 11.3 Å². The van der Waals surface area contributed by atoms with Crippen LogP contribution in [0.25, 0.3) is 11.4 Å². The Balaban J connectivity index is 1.60. The number of hydrogen-bond donors (Lipinski definition) is 2. The summed E-state index contributed by atoms with van der Waals surface area (Å²) in [5.41, 5.74) is 1.68. The number of carbonyl (C=O) groups excluding carboxylic acids is 1. The third-order valence-electron chi connectivity index (χ3n) is 3.91. The third kappa shape index (κ3) is 2.71. The van der Waals surface area contributed by atoms with Crippen molar-refractivity contribution in [3.05, 3.63) is 54.1 Å². The molecule has 1 aromatic heterocycles. The highest BCUT2D eigenvalue weighted by atomic mass is 16.3. The van der Waals surface area contributed by atoms with E-state index in [1.807, 2.05) is 22.9 Å². The molecule has 7 nitrogen and oxygen atoms in total. The number of benzene rings is 2. The van der Waals surface area contributed by atoms with Gasteiger partial charge >= 0.3 is 0 Å². The number of rotatable bonds is 4. The number of nitrogens with one attached hydrogen (secondary N) is 1. The predicted molar refractivity (Wildman–Crippen MR) is 87.6 cm³/mol. The van der Waals surface area contributed by atoms with E-state index in [0.717, 1.165) is 18.4 Å². The summed E-state index contributed by atoms with van der Waals surface area (Å²) in [6.45, 7) is 0. The summed E-state index contributed by atoms with van der Waals surface area (Å²) in [5.74, 6) is 0.270. The molecule has 1 fully saturated rings. The van der Waals surface area contributed by atoms with Gasteiger partial charge in [-0.1, -0.05) is 24.3 Å². The van der Waals surface area contributed by atoms with Crippen molar-refractivity contribution >= 4 is 11.6 Å². The first-order valence-electron chi connectivity index (χ1n) is 7.70. The molecule has 7 heteroatoms. The summed E-state index contributed by atoms with van der Waals surface area (Å²) in [5, 5.41) is 24.4. The van der Waals surface area contributed by atoms with Gasteiger partial charge in [-0.2, -0.15) is 0 Å². The third-order valence-corrected chi connectivity index (χ3v) is 3.91. The lowest BCUT2D eigenvalue weighted by atomic mass is 10.1. The van der Waals surface area contributed by atoms with Gasteiger partial charge in [0.1, 0.15) is 5.75 Å². The van der Waals surface area contributed by atoms with Crippen molar-refractivity contribution in [2.45, 2.75) is 18.9 Å². The fourth-order valence-electron chi connectivity index (χ4n) is 2.55. The molecule has 1 saturated carbocycles. The summed E-state index contributed by atoms with van der Waals surface area (Å²) in [6, 6.07) is 14.1. The zero-order chi connectivity index (χ0) is 16.5. The largest absolute Gasteiger partial charge is 0.507 e.